The van der Waals surface area contributed by atoms with Crippen LogP contribution < -0.4 is 0 Å². The number of amides is 1. The zero-order valence-corrected chi connectivity index (χ0v) is 16.9. The molecule has 8 heteroatoms. The first-order valence-corrected chi connectivity index (χ1v) is 9.67. The Morgan fingerprint density at radius 3 is 2.85 bits per heavy atom. The fourth-order valence-electron chi connectivity index (χ4n) is 3.30. The number of carbonyl (C=O) groups is 1. The molecule has 0 spiro atoms. The SMILES string of the molecule is Cc1noc(C2CN(C(=O)c3cncc(Br)c3)CCCN2CC(C)C)n1. The lowest BCUT2D eigenvalue weighted by Gasteiger charge is -2.30. The Morgan fingerprint density at radius 1 is 1.38 bits per heavy atom. The number of carbonyl (C=O) groups excluding carboxylic acids is 1. The Labute approximate surface area is 161 Å². The van der Waals surface area contributed by atoms with E-state index in [9.17, 15) is 4.79 Å². The van der Waals surface area contributed by atoms with Crippen molar-refractivity contribution in [3.63, 3.8) is 0 Å². The topological polar surface area (TPSA) is 75.4 Å². The number of aryl methyl sites for hydroxylation is 1. The van der Waals surface area contributed by atoms with E-state index in [-0.39, 0.29) is 11.9 Å². The summed E-state index contributed by atoms with van der Waals surface area (Å²) in [7, 11) is 0. The number of halogens is 1. The molecule has 0 bridgehead atoms. The molecule has 2 aromatic heterocycles. The van der Waals surface area contributed by atoms with Crippen molar-refractivity contribution in [2.45, 2.75) is 33.2 Å². The number of aromatic nitrogens is 3. The molecule has 0 N–H and O–H groups in total. The number of pyridine rings is 1. The Bertz CT molecular complexity index is 764. The van der Waals surface area contributed by atoms with Crippen molar-refractivity contribution in [3.8, 4) is 0 Å². The molecule has 0 aliphatic carbocycles. The molecule has 1 aliphatic heterocycles. The van der Waals surface area contributed by atoms with Gasteiger partial charge in [0.1, 0.15) is 6.04 Å². The third-order valence-electron chi connectivity index (χ3n) is 4.37. The Kier molecular flexibility index (Phi) is 6.03. The summed E-state index contributed by atoms with van der Waals surface area (Å²) < 4.78 is 6.26. The van der Waals surface area contributed by atoms with Crippen LogP contribution in [0.3, 0.4) is 0 Å². The fourth-order valence-corrected chi connectivity index (χ4v) is 3.67. The Balaban J connectivity index is 1.86. The summed E-state index contributed by atoms with van der Waals surface area (Å²) in [6.45, 7) is 9.24. The van der Waals surface area contributed by atoms with Gasteiger partial charge in [-0.1, -0.05) is 19.0 Å². The standard InChI is InChI=1S/C18H24BrN5O2/c1-12(2)10-23-5-4-6-24(11-16(23)17-21-13(3)22-26-17)18(25)14-7-15(19)9-20-8-14/h7-9,12,16H,4-6,10-11H2,1-3H3. The van der Waals surface area contributed by atoms with E-state index >= 15 is 0 Å². The van der Waals surface area contributed by atoms with Crippen LogP contribution in [0.5, 0.6) is 0 Å². The van der Waals surface area contributed by atoms with Crippen LogP contribution in [-0.4, -0.2) is 57.0 Å². The van der Waals surface area contributed by atoms with Crippen LogP contribution in [0.15, 0.2) is 27.5 Å². The summed E-state index contributed by atoms with van der Waals surface area (Å²) in [4.78, 5) is 25.8. The van der Waals surface area contributed by atoms with Crippen molar-refractivity contribution >= 4 is 21.8 Å². The molecule has 0 radical (unpaired) electrons. The first-order chi connectivity index (χ1) is 12.4. The number of rotatable bonds is 4. The molecular weight excluding hydrogens is 398 g/mol. The molecule has 1 atom stereocenters. The van der Waals surface area contributed by atoms with Crippen LogP contribution >= 0.6 is 15.9 Å². The molecule has 0 aromatic carbocycles. The van der Waals surface area contributed by atoms with E-state index < -0.39 is 0 Å². The van der Waals surface area contributed by atoms with Gasteiger partial charge in [-0.3, -0.25) is 14.7 Å². The van der Waals surface area contributed by atoms with Gasteiger partial charge in [-0.25, -0.2) is 0 Å². The summed E-state index contributed by atoms with van der Waals surface area (Å²) in [6.07, 6.45) is 4.19. The van der Waals surface area contributed by atoms with Crippen molar-refractivity contribution in [3.05, 3.63) is 40.2 Å². The van der Waals surface area contributed by atoms with E-state index in [1.807, 2.05) is 11.8 Å². The highest BCUT2D eigenvalue weighted by Crippen LogP contribution is 2.26. The van der Waals surface area contributed by atoms with E-state index in [1.165, 1.54) is 0 Å². The first-order valence-electron chi connectivity index (χ1n) is 8.88. The minimum Gasteiger partial charge on any atom is -0.338 e. The van der Waals surface area contributed by atoms with Crippen LogP contribution in [0.25, 0.3) is 0 Å². The molecule has 26 heavy (non-hydrogen) atoms. The average molecular weight is 422 g/mol. The average Bonchev–Trinajstić information content (AvgIpc) is 2.91. The molecule has 0 saturated carbocycles. The maximum absolute atomic E-state index is 13.0. The largest absolute Gasteiger partial charge is 0.338 e. The number of hydrogen-bond acceptors (Lipinski definition) is 6. The third-order valence-corrected chi connectivity index (χ3v) is 4.81. The normalized spacial score (nSPS) is 19.0. The maximum Gasteiger partial charge on any atom is 0.255 e. The second-order valence-electron chi connectivity index (χ2n) is 7.08. The van der Waals surface area contributed by atoms with Crippen LogP contribution in [0, 0.1) is 12.8 Å². The molecule has 1 fully saturated rings. The molecular formula is C18H24BrN5O2. The van der Waals surface area contributed by atoms with Crippen LogP contribution in [-0.2, 0) is 0 Å². The number of hydrogen-bond donors (Lipinski definition) is 0. The summed E-state index contributed by atoms with van der Waals surface area (Å²) in [5.74, 6) is 1.68. The van der Waals surface area contributed by atoms with Crippen molar-refractivity contribution in [1.29, 1.82) is 0 Å². The molecule has 1 amide bonds. The van der Waals surface area contributed by atoms with E-state index in [0.29, 0.717) is 36.3 Å². The predicted octanol–water partition coefficient (Wildman–Crippen LogP) is 3.08. The molecule has 140 valence electrons. The van der Waals surface area contributed by atoms with Gasteiger partial charge in [0.25, 0.3) is 5.91 Å². The summed E-state index contributed by atoms with van der Waals surface area (Å²) in [5.41, 5.74) is 0.581. The quantitative estimate of drug-likeness (QED) is 0.754. The highest BCUT2D eigenvalue weighted by molar-refractivity contribution is 9.10. The van der Waals surface area contributed by atoms with Crippen LogP contribution in [0.4, 0.5) is 0 Å². The lowest BCUT2D eigenvalue weighted by Crippen LogP contribution is -2.39. The minimum absolute atomic E-state index is 0.0218. The van der Waals surface area contributed by atoms with Crippen molar-refractivity contribution < 1.29 is 9.32 Å². The third kappa shape index (κ3) is 4.48. The van der Waals surface area contributed by atoms with Crippen LogP contribution in [0.2, 0.25) is 0 Å². The lowest BCUT2D eigenvalue weighted by atomic mass is 10.1. The van der Waals surface area contributed by atoms with Gasteiger partial charge in [0, 0.05) is 43.0 Å². The van der Waals surface area contributed by atoms with Crippen LogP contribution in [0.1, 0.15) is 48.4 Å². The van der Waals surface area contributed by atoms with Gasteiger partial charge >= 0.3 is 0 Å². The van der Waals surface area contributed by atoms with E-state index in [4.69, 9.17) is 4.52 Å². The van der Waals surface area contributed by atoms with Crippen molar-refractivity contribution in [2.75, 3.05) is 26.2 Å². The van der Waals surface area contributed by atoms with Crippen molar-refractivity contribution in [1.82, 2.24) is 24.9 Å². The highest BCUT2D eigenvalue weighted by Gasteiger charge is 2.32. The monoisotopic (exact) mass is 421 g/mol. The fraction of sp³-hybridized carbons (Fsp3) is 0.556. The number of nitrogens with zero attached hydrogens (tertiary/aromatic N) is 5. The maximum atomic E-state index is 13.0. The van der Waals surface area contributed by atoms with Gasteiger partial charge in [-0.15, -0.1) is 0 Å². The molecule has 1 saturated heterocycles. The predicted molar refractivity (Wildman–Crippen MR) is 101 cm³/mol. The van der Waals surface area contributed by atoms with Gasteiger partial charge in [0.15, 0.2) is 5.82 Å². The van der Waals surface area contributed by atoms with E-state index in [2.05, 4.69) is 49.8 Å². The summed E-state index contributed by atoms with van der Waals surface area (Å²) >= 11 is 3.38. The molecule has 2 aromatic rings. The molecule has 1 aliphatic rings. The van der Waals surface area contributed by atoms with Gasteiger partial charge in [0.2, 0.25) is 5.89 Å². The van der Waals surface area contributed by atoms with Gasteiger partial charge in [-0.05, 0) is 41.3 Å². The molecule has 3 heterocycles. The second-order valence-corrected chi connectivity index (χ2v) is 8.00. The summed E-state index contributed by atoms with van der Waals surface area (Å²) in [6, 6.07) is 1.71. The lowest BCUT2D eigenvalue weighted by molar-refractivity contribution is 0.0708. The van der Waals surface area contributed by atoms with E-state index in [0.717, 1.165) is 24.0 Å². The Morgan fingerprint density at radius 2 is 2.19 bits per heavy atom. The van der Waals surface area contributed by atoms with E-state index in [1.54, 1.807) is 18.5 Å². The van der Waals surface area contributed by atoms with Gasteiger partial charge < -0.3 is 9.42 Å². The van der Waals surface area contributed by atoms with Gasteiger partial charge in [-0.2, -0.15) is 4.98 Å². The van der Waals surface area contributed by atoms with Gasteiger partial charge in [0.05, 0.1) is 5.56 Å². The second kappa shape index (κ2) is 8.26. The zero-order chi connectivity index (χ0) is 18.7. The first kappa shape index (κ1) is 19.0. The highest BCUT2D eigenvalue weighted by atomic mass is 79.9. The minimum atomic E-state index is -0.0924. The zero-order valence-electron chi connectivity index (χ0n) is 15.4. The molecule has 3 rings (SSSR count). The molecule has 1 unspecified atom stereocenters. The Hall–Kier alpha value is -1.80. The molecule has 7 nitrogen and oxygen atoms in total. The smallest absolute Gasteiger partial charge is 0.255 e. The summed E-state index contributed by atoms with van der Waals surface area (Å²) in [5, 5.41) is 3.94. The van der Waals surface area contributed by atoms with Crippen molar-refractivity contribution in [2.24, 2.45) is 5.92 Å².